The number of carbonyl (C=O) groups excluding carboxylic acids is 1. The summed E-state index contributed by atoms with van der Waals surface area (Å²) in [4.78, 5) is 12.3. The Morgan fingerprint density at radius 2 is 2.10 bits per heavy atom. The first-order valence-corrected chi connectivity index (χ1v) is 8.96. The van der Waals surface area contributed by atoms with Crippen LogP contribution in [0.4, 0.5) is 0 Å². The second-order valence-corrected chi connectivity index (χ2v) is 7.59. The summed E-state index contributed by atoms with van der Waals surface area (Å²) in [6, 6.07) is 4.19. The van der Waals surface area contributed by atoms with Gasteiger partial charge in [-0.1, -0.05) is 11.6 Å². The molecule has 21 heavy (non-hydrogen) atoms. The molecule has 1 aromatic carbocycles. The minimum atomic E-state index is -3.42. The highest BCUT2D eigenvalue weighted by molar-refractivity contribution is 7.88. The van der Waals surface area contributed by atoms with E-state index in [0.29, 0.717) is 23.7 Å². The summed E-state index contributed by atoms with van der Waals surface area (Å²) >= 11 is 5.86. The van der Waals surface area contributed by atoms with Gasteiger partial charge in [0.15, 0.2) is 0 Å². The van der Waals surface area contributed by atoms with E-state index in [1.165, 1.54) is 4.31 Å². The third-order valence-electron chi connectivity index (χ3n) is 3.50. The van der Waals surface area contributed by atoms with Crippen molar-refractivity contribution in [2.45, 2.75) is 32.2 Å². The van der Waals surface area contributed by atoms with Gasteiger partial charge in [0.05, 0.1) is 6.26 Å². The van der Waals surface area contributed by atoms with Gasteiger partial charge in [-0.05, 0) is 49.9 Å². The number of benzene rings is 1. The molecule has 2 rings (SSSR count). The van der Waals surface area contributed by atoms with Crippen molar-refractivity contribution < 1.29 is 17.9 Å². The molecule has 1 heterocycles. The first kappa shape index (κ1) is 16.3. The van der Waals surface area contributed by atoms with Crippen LogP contribution in [0.15, 0.2) is 18.2 Å². The molecule has 1 aliphatic heterocycles. The maximum Gasteiger partial charge on any atom is 0.329 e. The second kappa shape index (κ2) is 6.34. The van der Waals surface area contributed by atoms with E-state index in [-0.39, 0.29) is 0 Å². The lowest BCUT2D eigenvalue weighted by atomic mass is 10.1. The van der Waals surface area contributed by atoms with Gasteiger partial charge in [0.1, 0.15) is 11.8 Å². The topological polar surface area (TPSA) is 63.7 Å². The highest BCUT2D eigenvalue weighted by Crippen LogP contribution is 2.25. The first-order chi connectivity index (χ1) is 9.79. The molecule has 7 heteroatoms. The summed E-state index contributed by atoms with van der Waals surface area (Å²) in [7, 11) is -3.42. The number of piperidine rings is 1. The molecule has 0 aliphatic carbocycles. The average molecular weight is 332 g/mol. The fourth-order valence-corrected chi connectivity index (χ4v) is 3.78. The fourth-order valence-electron chi connectivity index (χ4n) is 2.44. The van der Waals surface area contributed by atoms with Crippen LogP contribution in [-0.2, 0) is 14.8 Å². The summed E-state index contributed by atoms with van der Waals surface area (Å²) in [5.74, 6) is -0.131. The first-order valence-electron chi connectivity index (χ1n) is 6.73. The zero-order valence-electron chi connectivity index (χ0n) is 12.0. The summed E-state index contributed by atoms with van der Waals surface area (Å²) < 4.78 is 30.1. The number of esters is 1. The summed E-state index contributed by atoms with van der Waals surface area (Å²) in [6.45, 7) is 2.14. The molecule has 1 atom stereocenters. The van der Waals surface area contributed by atoms with Gasteiger partial charge in [0, 0.05) is 11.6 Å². The Kier molecular flexibility index (Phi) is 4.91. The van der Waals surface area contributed by atoms with Crippen LogP contribution in [0.25, 0.3) is 0 Å². The number of hydrogen-bond acceptors (Lipinski definition) is 4. The molecule has 5 nitrogen and oxygen atoms in total. The third-order valence-corrected chi connectivity index (χ3v) is 5.02. The van der Waals surface area contributed by atoms with Gasteiger partial charge >= 0.3 is 5.97 Å². The van der Waals surface area contributed by atoms with Crippen molar-refractivity contribution in [3.63, 3.8) is 0 Å². The number of aryl methyl sites for hydroxylation is 1. The molecule has 0 aromatic heterocycles. The van der Waals surface area contributed by atoms with E-state index in [9.17, 15) is 13.2 Å². The Morgan fingerprint density at radius 3 is 2.71 bits per heavy atom. The Hall–Kier alpha value is -1.11. The maximum atomic E-state index is 12.3. The number of rotatable bonds is 3. The molecule has 0 amide bonds. The van der Waals surface area contributed by atoms with Gasteiger partial charge in [-0.25, -0.2) is 13.2 Å². The monoisotopic (exact) mass is 331 g/mol. The van der Waals surface area contributed by atoms with E-state index in [1.54, 1.807) is 25.1 Å². The minimum absolute atomic E-state index is 0.359. The zero-order valence-corrected chi connectivity index (χ0v) is 13.6. The Bertz CT molecular complexity index is 644. The predicted octanol–water partition coefficient (Wildman–Crippen LogP) is 2.37. The number of hydrogen-bond donors (Lipinski definition) is 0. The van der Waals surface area contributed by atoms with E-state index in [2.05, 4.69) is 0 Å². The molecule has 1 aliphatic rings. The van der Waals surface area contributed by atoms with Crippen LogP contribution in [-0.4, -0.2) is 37.5 Å². The zero-order chi connectivity index (χ0) is 15.6. The van der Waals surface area contributed by atoms with Gasteiger partial charge in [0.25, 0.3) is 0 Å². The van der Waals surface area contributed by atoms with Crippen LogP contribution in [0.3, 0.4) is 0 Å². The molecular weight excluding hydrogens is 314 g/mol. The van der Waals surface area contributed by atoms with E-state index in [4.69, 9.17) is 16.3 Å². The van der Waals surface area contributed by atoms with Crippen LogP contribution in [0.5, 0.6) is 5.75 Å². The lowest BCUT2D eigenvalue weighted by molar-refractivity contribution is -0.139. The molecule has 1 aromatic rings. The van der Waals surface area contributed by atoms with Crippen LogP contribution in [0.1, 0.15) is 24.8 Å². The predicted molar refractivity (Wildman–Crippen MR) is 81.0 cm³/mol. The van der Waals surface area contributed by atoms with Crippen molar-refractivity contribution in [2.24, 2.45) is 0 Å². The van der Waals surface area contributed by atoms with Crippen molar-refractivity contribution in [3.8, 4) is 5.75 Å². The number of halogens is 1. The number of carbonyl (C=O) groups is 1. The quantitative estimate of drug-likeness (QED) is 0.630. The van der Waals surface area contributed by atoms with E-state index in [1.807, 2.05) is 0 Å². The Labute approximate surface area is 129 Å². The van der Waals surface area contributed by atoms with Crippen molar-refractivity contribution in [1.29, 1.82) is 0 Å². The normalized spacial score (nSPS) is 20.2. The summed E-state index contributed by atoms with van der Waals surface area (Å²) in [6.07, 6.45) is 3.17. The molecular formula is C14H18ClNO4S. The highest BCUT2D eigenvalue weighted by atomic mass is 35.5. The Balaban J connectivity index is 2.18. The van der Waals surface area contributed by atoms with E-state index < -0.39 is 22.0 Å². The molecule has 1 unspecified atom stereocenters. The Morgan fingerprint density at radius 1 is 1.38 bits per heavy atom. The van der Waals surface area contributed by atoms with Crippen molar-refractivity contribution in [2.75, 3.05) is 12.8 Å². The minimum Gasteiger partial charge on any atom is -0.425 e. The van der Waals surface area contributed by atoms with Crippen LogP contribution >= 0.6 is 11.6 Å². The van der Waals surface area contributed by atoms with Crippen LogP contribution in [0, 0.1) is 6.92 Å². The average Bonchev–Trinajstić information content (AvgIpc) is 2.41. The number of ether oxygens (including phenoxy) is 1. The van der Waals surface area contributed by atoms with Crippen molar-refractivity contribution >= 4 is 27.6 Å². The lowest BCUT2D eigenvalue weighted by Crippen LogP contribution is -2.49. The largest absolute Gasteiger partial charge is 0.425 e. The molecule has 116 valence electrons. The third kappa shape index (κ3) is 3.96. The van der Waals surface area contributed by atoms with Crippen LogP contribution in [0.2, 0.25) is 5.02 Å². The van der Waals surface area contributed by atoms with Gasteiger partial charge in [-0.15, -0.1) is 0 Å². The summed E-state index contributed by atoms with van der Waals surface area (Å²) in [5, 5.41) is 0.558. The van der Waals surface area contributed by atoms with Crippen molar-refractivity contribution in [3.05, 3.63) is 28.8 Å². The lowest BCUT2D eigenvalue weighted by Gasteiger charge is -2.31. The van der Waals surface area contributed by atoms with Gasteiger partial charge in [-0.2, -0.15) is 4.31 Å². The number of sulfonamides is 1. The van der Waals surface area contributed by atoms with Gasteiger partial charge < -0.3 is 4.74 Å². The molecule has 0 N–H and O–H groups in total. The maximum absolute atomic E-state index is 12.3. The summed E-state index contributed by atoms with van der Waals surface area (Å²) in [5.41, 5.74) is 0.734. The molecule has 0 saturated carbocycles. The van der Waals surface area contributed by atoms with Gasteiger partial charge in [-0.3, -0.25) is 0 Å². The molecule has 1 fully saturated rings. The van der Waals surface area contributed by atoms with E-state index in [0.717, 1.165) is 24.7 Å². The highest BCUT2D eigenvalue weighted by Gasteiger charge is 2.35. The standard InChI is InChI=1S/C14H18ClNO4S/c1-10-9-11(15)6-7-13(10)20-14(17)12-5-3-4-8-16(12)21(2,18)19/h6-7,9,12H,3-5,8H2,1-2H3. The second-order valence-electron chi connectivity index (χ2n) is 5.22. The van der Waals surface area contributed by atoms with Crippen LogP contribution < -0.4 is 4.74 Å². The number of nitrogens with zero attached hydrogens (tertiary/aromatic N) is 1. The molecule has 1 saturated heterocycles. The molecule has 0 radical (unpaired) electrons. The van der Waals surface area contributed by atoms with E-state index >= 15 is 0 Å². The molecule has 0 spiro atoms. The van der Waals surface area contributed by atoms with Crippen molar-refractivity contribution in [1.82, 2.24) is 4.31 Å². The fraction of sp³-hybridized carbons (Fsp3) is 0.500. The van der Waals surface area contributed by atoms with Gasteiger partial charge in [0.2, 0.25) is 10.0 Å². The SMILES string of the molecule is Cc1cc(Cl)ccc1OC(=O)C1CCCCN1S(C)(=O)=O. The smallest absolute Gasteiger partial charge is 0.329 e. The molecule has 0 bridgehead atoms.